The number of halogens is 3. The largest absolute Gasteiger partial charge is 0.468 e. The normalized spacial score (nSPS) is 16.4. The topological polar surface area (TPSA) is 28.4 Å². The van der Waals surface area contributed by atoms with Crippen molar-refractivity contribution in [2.24, 2.45) is 0 Å². The second kappa shape index (κ2) is 6.18. The van der Waals surface area contributed by atoms with Crippen LogP contribution in [-0.2, 0) is 13.1 Å². The van der Waals surface area contributed by atoms with Crippen LogP contribution in [0.25, 0.3) is 0 Å². The molecule has 0 saturated heterocycles. The predicted octanol–water partition coefficient (Wildman–Crippen LogP) is 3.30. The van der Waals surface area contributed by atoms with Gasteiger partial charge in [-0.25, -0.2) is 0 Å². The fourth-order valence-electron chi connectivity index (χ4n) is 2.11. The van der Waals surface area contributed by atoms with Crippen LogP contribution < -0.4 is 5.32 Å². The van der Waals surface area contributed by atoms with E-state index in [2.05, 4.69) is 5.32 Å². The molecule has 1 aromatic heterocycles. The molecular weight excluding hydrogens is 269 g/mol. The molecule has 1 N–H and O–H groups in total. The fraction of sp³-hybridized carbons (Fsp3) is 0.714. The molecule has 0 amide bonds. The van der Waals surface area contributed by atoms with Crippen LogP contribution in [0.15, 0.2) is 16.7 Å². The van der Waals surface area contributed by atoms with Crippen LogP contribution in [0.3, 0.4) is 0 Å². The minimum Gasteiger partial charge on any atom is -0.468 e. The van der Waals surface area contributed by atoms with Crippen LogP contribution in [0, 0.1) is 0 Å². The molecule has 0 aliphatic heterocycles. The van der Waals surface area contributed by atoms with Gasteiger partial charge in [-0.05, 0) is 18.9 Å². The van der Waals surface area contributed by atoms with E-state index in [0.29, 0.717) is 18.3 Å². The molecule has 1 fully saturated rings. The van der Waals surface area contributed by atoms with Crippen molar-refractivity contribution in [2.45, 2.75) is 58.0 Å². The van der Waals surface area contributed by atoms with E-state index in [1.807, 2.05) is 19.9 Å². The van der Waals surface area contributed by atoms with Crippen LogP contribution in [0.4, 0.5) is 13.2 Å². The van der Waals surface area contributed by atoms with Gasteiger partial charge in [-0.3, -0.25) is 4.90 Å². The summed E-state index contributed by atoms with van der Waals surface area (Å²) in [6, 6.07) is 2.25. The lowest BCUT2D eigenvalue weighted by atomic mass is 10.2. The Morgan fingerprint density at radius 3 is 2.65 bits per heavy atom. The molecule has 1 aromatic rings. The number of hydrogen-bond donors (Lipinski definition) is 1. The summed E-state index contributed by atoms with van der Waals surface area (Å²) in [5, 5.41) is 3.25. The van der Waals surface area contributed by atoms with Crippen LogP contribution in [-0.4, -0.2) is 29.7 Å². The first-order valence-electron chi connectivity index (χ1n) is 6.94. The smallest absolute Gasteiger partial charge is 0.401 e. The maximum atomic E-state index is 12.5. The van der Waals surface area contributed by atoms with E-state index < -0.39 is 12.7 Å². The molecule has 0 unspecified atom stereocenters. The minimum atomic E-state index is -4.16. The molecule has 114 valence electrons. The zero-order valence-corrected chi connectivity index (χ0v) is 11.8. The molecule has 0 atom stereocenters. The summed E-state index contributed by atoms with van der Waals surface area (Å²) in [4.78, 5) is 1.46. The Kier molecular flexibility index (Phi) is 4.75. The monoisotopic (exact) mass is 290 g/mol. The average Bonchev–Trinajstić information content (AvgIpc) is 3.06. The van der Waals surface area contributed by atoms with Gasteiger partial charge in [-0.1, -0.05) is 13.8 Å². The van der Waals surface area contributed by atoms with Crippen molar-refractivity contribution in [2.75, 3.05) is 6.54 Å². The Morgan fingerprint density at radius 1 is 1.40 bits per heavy atom. The Morgan fingerprint density at radius 2 is 2.10 bits per heavy atom. The molecule has 6 heteroatoms. The number of rotatable bonds is 7. The van der Waals surface area contributed by atoms with E-state index in [1.165, 1.54) is 4.90 Å². The lowest BCUT2D eigenvalue weighted by Gasteiger charge is -2.22. The van der Waals surface area contributed by atoms with Crippen LogP contribution in [0.5, 0.6) is 0 Å². The van der Waals surface area contributed by atoms with E-state index >= 15 is 0 Å². The average molecular weight is 290 g/mol. The van der Waals surface area contributed by atoms with Crippen molar-refractivity contribution in [3.8, 4) is 0 Å². The van der Waals surface area contributed by atoms with Crippen molar-refractivity contribution in [3.63, 3.8) is 0 Å². The molecule has 0 aromatic carbocycles. The zero-order valence-electron chi connectivity index (χ0n) is 11.8. The van der Waals surface area contributed by atoms with Crippen molar-refractivity contribution >= 4 is 0 Å². The van der Waals surface area contributed by atoms with E-state index in [0.717, 1.165) is 18.4 Å². The Labute approximate surface area is 117 Å². The first kappa shape index (κ1) is 15.4. The van der Waals surface area contributed by atoms with Gasteiger partial charge in [0.05, 0.1) is 19.4 Å². The summed E-state index contributed by atoms with van der Waals surface area (Å²) in [6.07, 6.45) is -0.850. The standard InChI is InChI=1S/C14H21F3N2O/c1-10(2)18-6-11-5-13(20-8-11)7-19(12-3-4-12)9-14(15,16)17/h5,8,10,12,18H,3-4,6-7,9H2,1-2H3. The Balaban J connectivity index is 1.90. The van der Waals surface area contributed by atoms with Gasteiger partial charge in [-0.15, -0.1) is 0 Å². The first-order chi connectivity index (χ1) is 9.33. The molecular formula is C14H21F3N2O. The summed E-state index contributed by atoms with van der Waals surface area (Å²) in [5.74, 6) is 0.599. The highest BCUT2D eigenvalue weighted by molar-refractivity contribution is 5.13. The van der Waals surface area contributed by atoms with Gasteiger partial charge in [0.25, 0.3) is 0 Å². The molecule has 1 aliphatic rings. The van der Waals surface area contributed by atoms with E-state index in [4.69, 9.17) is 4.42 Å². The van der Waals surface area contributed by atoms with Gasteiger partial charge in [0.2, 0.25) is 0 Å². The van der Waals surface area contributed by atoms with E-state index in [-0.39, 0.29) is 12.6 Å². The van der Waals surface area contributed by atoms with Crippen LogP contribution >= 0.6 is 0 Å². The third kappa shape index (κ3) is 5.17. The van der Waals surface area contributed by atoms with E-state index in [9.17, 15) is 13.2 Å². The van der Waals surface area contributed by atoms with Crippen molar-refractivity contribution in [3.05, 3.63) is 23.7 Å². The molecule has 1 saturated carbocycles. The third-order valence-corrected chi connectivity index (χ3v) is 3.23. The number of hydrogen-bond acceptors (Lipinski definition) is 3. The van der Waals surface area contributed by atoms with Gasteiger partial charge in [0, 0.05) is 24.2 Å². The van der Waals surface area contributed by atoms with Crippen molar-refractivity contribution < 1.29 is 17.6 Å². The fourth-order valence-corrected chi connectivity index (χ4v) is 2.11. The van der Waals surface area contributed by atoms with E-state index in [1.54, 1.807) is 6.26 Å². The highest BCUT2D eigenvalue weighted by atomic mass is 19.4. The summed E-state index contributed by atoms with van der Waals surface area (Å²) >= 11 is 0. The molecule has 1 heterocycles. The number of alkyl halides is 3. The number of furan rings is 1. The molecule has 0 radical (unpaired) electrons. The van der Waals surface area contributed by atoms with Crippen molar-refractivity contribution in [1.82, 2.24) is 10.2 Å². The molecule has 2 rings (SSSR count). The van der Waals surface area contributed by atoms with Gasteiger partial charge >= 0.3 is 6.18 Å². The second-order valence-corrected chi connectivity index (χ2v) is 5.71. The lowest BCUT2D eigenvalue weighted by molar-refractivity contribution is -0.148. The predicted molar refractivity (Wildman–Crippen MR) is 70.2 cm³/mol. The SMILES string of the molecule is CC(C)NCc1coc(CN(CC(F)(F)F)C2CC2)c1. The number of nitrogens with zero attached hydrogens (tertiary/aromatic N) is 1. The zero-order chi connectivity index (χ0) is 14.8. The molecule has 0 spiro atoms. The Hall–Kier alpha value is -1.01. The summed E-state index contributed by atoms with van der Waals surface area (Å²) in [6.45, 7) is 4.12. The van der Waals surface area contributed by atoms with Crippen molar-refractivity contribution in [1.29, 1.82) is 0 Å². The molecule has 0 bridgehead atoms. The van der Waals surface area contributed by atoms with Crippen LogP contribution in [0.2, 0.25) is 0 Å². The van der Waals surface area contributed by atoms with Gasteiger partial charge < -0.3 is 9.73 Å². The maximum absolute atomic E-state index is 12.5. The first-order valence-corrected chi connectivity index (χ1v) is 6.94. The molecule has 3 nitrogen and oxygen atoms in total. The second-order valence-electron chi connectivity index (χ2n) is 5.71. The minimum absolute atomic E-state index is 0.0546. The lowest BCUT2D eigenvalue weighted by Crippen LogP contribution is -2.35. The molecule has 20 heavy (non-hydrogen) atoms. The molecule has 1 aliphatic carbocycles. The van der Waals surface area contributed by atoms with Gasteiger partial charge in [-0.2, -0.15) is 13.2 Å². The van der Waals surface area contributed by atoms with Gasteiger partial charge in [0.15, 0.2) is 0 Å². The summed E-state index contributed by atoms with van der Waals surface area (Å²) < 4.78 is 43.0. The van der Waals surface area contributed by atoms with Gasteiger partial charge in [0.1, 0.15) is 5.76 Å². The number of nitrogens with one attached hydrogen (secondary N) is 1. The third-order valence-electron chi connectivity index (χ3n) is 3.23. The highest BCUT2D eigenvalue weighted by Gasteiger charge is 2.38. The highest BCUT2D eigenvalue weighted by Crippen LogP contribution is 2.31. The van der Waals surface area contributed by atoms with Crippen LogP contribution in [0.1, 0.15) is 38.0 Å². The maximum Gasteiger partial charge on any atom is 0.401 e. The summed E-state index contributed by atoms with van der Waals surface area (Å²) in [5.41, 5.74) is 0.969. The Bertz CT molecular complexity index is 424. The quantitative estimate of drug-likeness (QED) is 0.835. The summed E-state index contributed by atoms with van der Waals surface area (Å²) in [7, 11) is 0.